The van der Waals surface area contributed by atoms with Gasteiger partial charge in [0.05, 0.1) is 5.69 Å². The Morgan fingerprint density at radius 1 is 1.30 bits per heavy atom. The molecule has 6 heteroatoms. The van der Waals surface area contributed by atoms with Crippen molar-refractivity contribution in [3.63, 3.8) is 0 Å². The molecular weight excluding hydrogens is 299 g/mol. The summed E-state index contributed by atoms with van der Waals surface area (Å²) in [5.74, 6) is -0.353. The highest BCUT2D eigenvalue weighted by Gasteiger charge is 2.19. The summed E-state index contributed by atoms with van der Waals surface area (Å²) in [4.78, 5) is 25.2. The van der Waals surface area contributed by atoms with Gasteiger partial charge in [0.25, 0.3) is 11.8 Å². The van der Waals surface area contributed by atoms with Crippen LogP contribution in [0.3, 0.4) is 0 Å². The molecule has 0 aromatic heterocycles. The molecule has 3 rings (SSSR count). The molecule has 1 heterocycles. The number of rotatable bonds is 3. The molecule has 1 aliphatic rings. The lowest BCUT2D eigenvalue weighted by Crippen LogP contribution is -2.28. The summed E-state index contributed by atoms with van der Waals surface area (Å²) in [6.07, 6.45) is 0. The van der Waals surface area contributed by atoms with Crippen LogP contribution in [0.25, 0.3) is 0 Å². The molecule has 1 N–H and O–H groups in total. The molecule has 0 fully saturated rings. The maximum Gasteiger partial charge on any atom is 0.262 e. The monoisotopic (exact) mass is 314 g/mol. The third-order valence-corrected chi connectivity index (χ3v) is 3.57. The molecule has 0 unspecified atom stereocenters. The predicted molar refractivity (Wildman–Crippen MR) is 82.8 cm³/mol. The Balaban J connectivity index is 1.79. The Kier molecular flexibility index (Phi) is 3.97. The molecule has 0 bridgehead atoms. The molecule has 23 heavy (non-hydrogen) atoms. The number of benzene rings is 2. The normalized spacial score (nSPS) is 12.9. The van der Waals surface area contributed by atoms with Crippen molar-refractivity contribution >= 4 is 17.5 Å². The first-order valence-corrected chi connectivity index (χ1v) is 7.10. The molecule has 0 saturated heterocycles. The van der Waals surface area contributed by atoms with Gasteiger partial charge in [-0.2, -0.15) is 0 Å². The van der Waals surface area contributed by atoms with Gasteiger partial charge in [-0.05, 0) is 24.3 Å². The average Bonchev–Trinajstić information content (AvgIpc) is 2.55. The van der Waals surface area contributed by atoms with Crippen LogP contribution in [0.5, 0.6) is 5.75 Å². The summed E-state index contributed by atoms with van der Waals surface area (Å²) >= 11 is 0. The average molecular weight is 314 g/mol. The van der Waals surface area contributed by atoms with Crippen LogP contribution in [-0.4, -0.2) is 30.4 Å². The minimum Gasteiger partial charge on any atom is -0.482 e. The summed E-state index contributed by atoms with van der Waals surface area (Å²) in [5.41, 5.74) is 1.30. The first kappa shape index (κ1) is 15.0. The second kappa shape index (κ2) is 6.08. The van der Waals surface area contributed by atoms with Gasteiger partial charge in [-0.3, -0.25) is 9.59 Å². The molecule has 1 aliphatic heterocycles. The van der Waals surface area contributed by atoms with Gasteiger partial charge in [0, 0.05) is 24.7 Å². The van der Waals surface area contributed by atoms with E-state index in [1.807, 2.05) is 0 Å². The third-order valence-electron chi connectivity index (χ3n) is 3.57. The topological polar surface area (TPSA) is 58.6 Å². The Hall–Kier alpha value is -2.89. The molecule has 2 aromatic carbocycles. The van der Waals surface area contributed by atoms with Crippen molar-refractivity contribution in [3.8, 4) is 5.75 Å². The fourth-order valence-corrected chi connectivity index (χ4v) is 2.39. The van der Waals surface area contributed by atoms with Gasteiger partial charge in [0.2, 0.25) is 0 Å². The van der Waals surface area contributed by atoms with Crippen molar-refractivity contribution in [1.82, 2.24) is 4.90 Å². The van der Waals surface area contributed by atoms with E-state index in [1.54, 1.807) is 43.4 Å². The number of ether oxygens (including phenoxy) is 1. The van der Waals surface area contributed by atoms with Crippen LogP contribution in [0.2, 0.25) is 0 Å². The second-order valence-electron chi connectivity index (χ2n) is 5.30. The van der Waals surface area contributed by atoms with E-state index in [1.165, 1.54) is 11.0 Å². The number of carbonyl (C=O) groups is 2. The number of hydrogen-bond donors (Lipinski definition) is 1. The Bertz CT molecular complexity index is 776. The Labute approximate surface area is 132 Å². The lowest BCUT2D eigenvalue weighted by molar-refractivity contribution is -0.118. The van der Waals surface area contributed by atoms with Crippen molar-refractivity contribution in [1.29, 1.82) is 0 Å². The first-order valence-electron chi connectivity index (χ1n) is 7.10. The van der Waals surface area contributed by atoms with Crippen molar-refractivity contribution in [3.05, 3.63) is 59.4 Å². The lowest BCUT2D eigenvalue weighted by atomic mass is 10.1. The van der Waals surface area contributed by atoms with Gasteiger partial charge < -0.3 is 15.0 Å². The number of nitrogens with one attached hydrogen (secondary N) is 1. The number of anilines is 1. The maximum absolute atomic E-state index is 13.7. The van der Waals surface area contributed by atoms with E-state index in [9.17, 15) is 14.0 Å². The van der Waals surface area contributed by atoms with Crippen molar-refractivity contribution in [2.45, 2.75) is 6.54 Å². The smallest absolute Gasteiger partial charge is 0.262 e. The SMILES string of the molecule is CN(Cc1ccccc1F)C(=O)c1ccc2c(c1)NC(=O)CO2. The number of halogens is 1. The van der Waals surface area contributed by atoms with E-state index in [0.29, 0.717) is 22.6 Å². The Morgan fingerprint density at radius 3 is 2.87 bits per heavy atom. The van der Waals surface area contributed by atoms with E-state index in [0.717, 1.165) is 0 Å². The highest BCUT2D eigenvalue weighted by Crippen LogP contribution is 2.29. The molecule has 2 aromatic rings. The minimum absolute atomic E-state index is 0.0342. The summed E-state index contributed by atoms with van der Waals surface area (Å²) in [6, 6.07) is 11.1. The zero-order valence-electron chi connectivity index (χ0n) is 12.5. The van der Waals surface area contributed by atoms with Crippen molar-refractivity contribution in [2.24, 2.45) is 0 Å². The second-order valence-corrected chi connectivity index (χ2v) is 5.30. The van der Waals surface area contributed by atoms with Gasteiger partial charge in [-0.25, -0.2) is 4.39 Å². The van der Waals surface area contributed by atoms with E-state index >= 15 is 0 Å². The van der Waals surface area contributed by atoms with E-state index in [4.69, 9.17) is 4.74 Å². The van der Waals surface area contributed by atoms with Gasteiger partial charge in [0.1, 0.15) is 11.6 Å². The fourth-order valence-electron chi connectivity index (χ4n) is 2.39. The molecular formula is C17H15FN2O3. The van der Waals surface area contributed by atoms with Crippen molar-refractivity contribution < 1.29 is 18.7 Å². The first-order chi connectivity index (χ1) is 11.0. The standard InChI is InChI=1S/C17H15FN2O3/c1-20(9-12-4-2-3-5-13(12)18)17(22)11-6-7-15-14(8-11)19-16(21)10-23-15/h2-8H,9-10H2,1H3,(H,19,21). The van der Waals surface area contributed by atoms with Crippen LogP contribution in [-0.2, 0) is 11.3 Å². The summed E-state index contributed by atoms with van der Waals surface area (Å²) < 4.78 is 18.9. The van der Waals surface area contributed by atoms with Gasteiger partial charge in [-0.15, -0.1) is 0 Å². The van der Waals surface area contributed by atoms with Crippen LogP contribution in [0.15, 0.2) is 42.5 Å². The van der Waals surface area contributed by atoms with Gasteiger partial charge in [-0.1, -0.05) is 18.2 Å². The van der Waals surface area contributed by atoms with E-state index in [-0.39, 0.29) is 30.8 Å². The molecule has 2 amide bonds. The summed E-state index contributed by atoms with van der Waals surface area (Å²) in [7, 11) is 1.60. The van der Waals surface area contributed by atoms with E-state index in [2.05, 4.69) is 5.32 Å². The lowest BCUT2D eigenvalue weighted by Gasteiger charge is -2.21. The van der Waals surface area contributed by atoms with Gasteiger partial charge in [0.15, 0.2) is 6.61 Å². The van der Waals surface area contributed by atoms with Crippen molar-refractivity contribution in [2.75, 3.05) is 19.0 Å². The third kappa shape index (κ3) is 3.15. The van der Waals surface area contributed by atoms with Crippen LogP contribution in [0, 0.1) is 5.82 Å². The molecule has 5 nitrogen and oxygen atoms in total. The number of nitrogens with zero attached hydrogens (tertiary/aromatic N) is 1. The molecule has 0 radical (unpaired) electrons. The highest BCUT2D eigenvalue weighted by molar-refractivity contribution is 5.99. The Morgan fingerprint density at radius 2 is 2.09 bits per heavy atom. The van der Waals surface area contributed by atoms with E-state index < -0.39 is 0 Å². The quantitative estimate of drug-likeness (QED) is 0.946. The molecule has 0 spiro atoms. The summed E-state index contributed by atoms with van der Waals surface area (Å²) in [5, 5.41) is 2.66. The van der Waals surface area contributed by atoms with Crippen LogP contribution in [0.4, 0.5) is 10.1 Å². The molecule has 0 saturated carbocycles. The number of carbonyl (C=O) groups excluding carboxylic acids is 2. The van der Waals surface area contributed by atoms with Crippen LogP contribution < -0.4 is 10.1 Å². The number of fused-ring (bicyclic) bond motifs is 1. The highest BCUT2D eigenvalue weighted by atomic mass is 19.1. The molecule has 0 aliphatic carbocycles. The molecule has 118 valence electrons. The fraction of sp³-hybridized carbons (Fsp3) is 0.176. The van der Waals surface area contributed by atoms with Gasteiger partial charge >= 0.3 is 0 Å². The van der Waals surface area contributed by atoms with Crippen LogP contribution >= 0.6 is 0 Å². The minimum atomic E-state index is -0.349. The largest absolute Gasteiger partial charge is 0.482 e. The zero-order chi connectivity index (χ0) is 16.4. The maximum atomic E-state index is 13.7. The number of hydrogen-bond acceptors (Lipinski definition) is 3. The number of amides is 2. The molecule has 0 atom stereocenters. The van der Waals surface area contributed by atoms with Crippen LogP contribution in [0.1, 0.15) is 15.9 Å². The predicted octanol–water partition coefficient (Wildman–Crippen LogP) is 2.43. The summed E-state index contributed by atoms with van der Waals surface area (Å²) in [6.45, 7) is 0.124. The zero-order valence-corrected chi connectivity index (χ0v) is 12.5.